The van der Waals surface area contributed by atoms with E-state index in [1.165, 1.54) is 12.1 Å². The molecule has 0 radical (unpaired) electrons. The molecule has 18 heavy (non-hydrogen) atoms. The summed E-state index contributed by atoms with van der Waals surface area (Å²) in [5.41, 5.74) is 0.696. The molecule has 2 N–H and O–H groups in total. The van der Waals surface area contributed by atoms with Crippen molar-refractivity contribution in [3.8, 4) is 0 Å². The Morgan fingerprint density at radius 2 is 2.11 bits per heavy atom. The summed E-state index contributed by atoms with van der Waals surface area (Å²) in [6, 6.07) is 3.28. The summed E-state index contributed by atoms with van der Waals surface area (Å²) in [4.78, 5) is 10.7. The molecule has 0 aromatic heterocycles. The van der Waals surface area contributed by atoms with Gasteiger partial charge in [0.2, 0.25) is 0 Å². The number of benzene rings is 1. The van der Waals surface area contributed by atoms with E-state index < -0.39 is 23.6 Å². The normalized spacial score (nSPS) is 22.6. The van der Waals surface area contributed by atoms with Crippen molar-refractivity contribution in [2.45, 2.75) is 18.9 Å². The molecule has 0 saturated carbocycles. The highest BCUT2D eigenvalue weighted by molar-refractivity contribution is 5.85. The maximum absolute atomic E-state index is 13.0. The zero-order valence-electron chi connectivity index (χ0n) is 9.53. The van der Waals surface area contributed by atoms with Gasteiger partial charge in [-0.2, -0.15) is 0 Å². The molecule has 1 aromatic carbocycles. The van der Waals surface area contributed by atoms with E-state index in [4.69, 9.17) is 5.11 Å². The molecular formula is C12H14ClF2NO2. The molecule has 1 aromatic rings. The van der Waals surface area contributed by atoms with Crippen LogP contribution in [0.25, 0.3) is 0 Å². The second kappa shape index (κ2) is 6.11. The van der Waals surface area contributed by atoms with Gasteiger partial charge in [0.25, 0.3) is 0 Å². The fourth-order valence-corrected chi connectivity index (χ4v) is 2.15. The standard InChI is InChI=1S/C12H13F2NO2.ClH/c13-9-2-1-7(4-10(9)14)3-8-5-11(12(16)17)15-6-8;/h1-2,4,8,11,15H,3,5-6H2,(H,16,17);1H/t8-,11+;/m1./s1. The first kappa shape index (κ1) is 14.9. The molecule has 0 unspecified atom stereocenters. The molecule has 0 bridgehead atoms. The highest BCUT2D eigenvalue weighted by atomic mass is 35.5. The van der Waals surface area contributed by atoms with Gasteiger partial charge < -0.3 is 10.4 Å². The number of hydrogen-bond donors (Lipinski definition) is 2. The van der Waals surface area contributed by atoms with E-state index >= 15 is 0 Å². The zero-order chi connectivity index (χ0) is 12.4. The minimum Gasteiger partial charge on any atom is -0.480 e. The van der Waals surface area contributed by atoms with Gasteiger partial charge in [0.15, 0.2) is 11.6 Å². The van der Waals surface area contributed by atoms with Crippen LogP contribution in [-0.4, -0.2) is 23.7 Å². The third-order valence-electron chi connectivity index (χ3n) is 3.03. The van der Waals surface area contributed by atoms with E-state index in [1.807, 2.05) is 0 Å². The van der Waals surface area contributed by atoms with Crippen LogP contribution in [0.5, 0.6) is 0 Å². The lowest BCUT2D eigenvalue weighted by molar-refractivity contribution is -0.139. The van der Waals surface area contributed by atoms with E-state index in [0.717, 1.165) is 6.07 Å². The number of carboxylic acid groups (broad SMARTS) is 1. The van der Waals surface area contributed by atoms with E-state index in [0.29, 0.717) is 24.9 Å². The number of aliphatic carboxylic acids is 1. The third-order valence-corrected chi connectivity index (χ3v) is 3.03. The number of rotatable bonds is 3. The van der Waals surface area contributed by atoms with Crippen LogP contribution in [0.3, 0.4) is 0 Å². The molecule has 2 atom stereocenters. The zero-order valence-corrected chi connectivity index (χ0v) is 10.3. The molecule has 1 heterocycles. The summed E-state index contributed by atoms with van der Waals surface area (Å²) < 4.78 is 25.7. The van der Waals surface area contributed by atoms with Gasteiger partial charge in [0.05, 0.1) is 0 Å². The molecule has 0 amide bonds. The quantitative estimate of drug-likeness (QED) is 0.888. The first-order valence-electron chi connectivity index (χ1n) is 5.46. The Morgan fingerprint density at radius 1 is 1.39 bits per heavy atom. The topological polar surface area (TPSA) is 49.3 Å². The molecule has 0 spiro atoms. The minimum atomic E-state index is -0.863. The van der Waals surface area contributed by atoms with Crippen LogP contribution in [0, 0.1) is 17.6 Å². The molecule has 0 aliphatic carbocycles. The summed E-state index contributed by atoms with van der Waals surface area (Å²) in [7, 11) is 0. The average Bonchev–Trinajstić information content (AvgIpc) is 2.72. The number of carboxylic acids is 1. The maximum Gasteiger partial charge on any atom is 0.320 e. The van der Waals surface area contributed by atoms with Crippen molar-refractivity contribution in [1.82, 2.24) is 5.32 Å². The molecule has 1 fully saturated rings. The molecule has 1 aliphatic rings. The molecule has 1 saturated heterocycles. The van der Waals surface area contributed by atoms with Gasteiger partial charge in [0, 0.05) is 0 Å². The molecule has 100 valence electrons. The Morgan fingerprint density at radius 3 is 2.67 bits per heavy atom. The van der Waals surface area contributed by atoms with Gasteiger partial charge in [-0.1, -0.05) is 6.07 Å². The van der Waals surface area contributed by atoms with Crippen molar-refractivity contribution in [1.29, 1.82) is 0 Å². The second-order valence-electron chi connectivity index (χ2n) is 4.35. The first-order valence-corrected chi connectivity index (χ1v) is 5.46. The fourth-order valence-electron chi connectivity index (χ4n) is 2.15. The number of halogens is 3. The molecule has 6 heteroatoms. The summed E-state index contributed by atoms with van der Waals surface area (Å²) in [5.74, 6) is -2.43. The Kier molecular flexibility index (Phi) is 5.04. The van der Waals surface area contributed by atoms with E-state index in [-0.39, 0.29) is 18.3 Å². The SMILES string of the molecule is Cl.O=C(O)[C@@H]1C[C@@H](Cc2ccc(F)c(F)c2)CN1. The molecule has 2 rings (SSSR count). The molecule has 3 nitrogen and oxygen atoms in total. The van der Waals surface area contributed by atoms with Crippen LogP contribution >= 0.6 is 12.4 Å². The van der Waals surface area contributed by atoms with Crippen LogP contribution in [0.2, 0.25) is 0 Å². The summed E-state index contributed by atoms with van der Waals surface area (Å²) in [6.45, 7) is 0.593. The largest absolute Gasteiger partial charge is 0.480 e. The predicted octanol–water partition coefficient (Wildman–Crippen LogP) is 1.99. The average molecular weight is 278 g/mol. The van der Waals surface area contributed by atoms with Gasteiger partial charge in [0.1, 0.15) is 6.04 Å². The smallest absolute Gasteiger partial charge is 0.320 e. The van der Waals surface area contributed by atoms with Crippen molar-refractivity contribution in [2.75, 3.05) is 6.54 Å². The monoisotopic (exact) mass is 277 g/mol. The van der Waals surface area contributed by atoms with Gasteiger partial charge in [-0.3, -0.25) is 4.79 Å². The van der Waals surface area contributed by atoms with Crippen molar-refractivity contribution in [3.05, 3.63) is 35.4 Å². The van der Waals surface area contributed by atoms with Gasteiger partial charge in [-0.05, 0) is 43.0 Å². The Balaban J connectivity index is 0.00000162. The van der Waals surface area contributed by atoms with Gasteiger partial charge in [-0.25, -0.2) is 8.78 Å². The lowest BCUT2D eigenvalue weighted by atomic mass is 9.96. The lowest BCUT2D eigenvalue weighted by Crippen LogP contribution is -2.29. The van der Waals surface area contributed by atoms with Crippen LogP contribution in [0.1, 0.15) is 12.0 Å². The summed E-state index contributed by atoms with van der Waals surface area (Å²) in [6.07, 6.45) is 1.09. The van der Waals surface area contributed by atoms with Gasteiger partial charge >= 0.3 is 5.97 Å². The minimum absolute atomic E-state index is 0. The number of hydrogen-bond acceptors (Lipinski definition) is 2. The van der Waals surface area contributed by atoms with Crippen molar-refractivity contribution in [2.24, 2.45) is 5.92 Å². The van der Waals surface area contributed by atoms with E-state index in [1.54, 1.807) is 0 Å². The van der Waals surface area contributed by atoms with Crippen molar-refractivity contribution in [3.63, 3.8) is 0 Å². The number of carbonyl (C=O) groups is 1. The summed E-state index contributed by atoms with van der Waals surface area (Å²) >= 11 is 0. The maximum atomic E-state index is 13.0. The van der Waals surface area contributed by atoms with Crippen LogP contribution in [-0.2, 0) is 11.2 Å². The van der Waals surface area contributed by atoms with Gasteiger partial charge in [-0.15, -0.1) is 12.4 Å². The van der Waals surface area contributed by atoms with Crippen molar-refractivity contribution >= 4 is 18.4 Å². The van der Waals surface area contributed by atoms with Crippen LogP contribution in [0.4, 0.5) is 8.78 Å². The van der Waals surface area contributed by atoms with Crippen LogP contribution < -0.4 is 5.32 Å². The molecule has 1 aliphatic heterocycles. The molecular weight excluding hydrogens is 264 g/mol. The second-order valence-corrected chi connectivity index (χ2v) is 4.35. The number of nitrogens with one attached hydrogen (secondary N) is 1. The summed E-state index contributed by atoms with van der Waals surface area (Å²) in [5, 5.41) is 11.7. The Labute approximate surface area is 110 Å². The lowest BCUT2D eigenvalue weighted by Gasteiger charge is -2.08. The Hall–Kier alpha value is -1.20. The predicted molar refractivity (Wildman–Crippen MR) is 64.8 cm³/mol. The highest BCUT2D eigenvalue weighted by Gasteiger charge is 2.29. The van der Waals surface area contributed by atoms with Crippen LogP contribution in [0.15, 0.2) is 18.2 Å². The van der Waals surface area contributed by atoms with Crippen molar-refractivity contribution < 1.29 is 18.7 Å². The first-order chi connectivity index (χ1) is 8.06. The third kappa shape index (κ3) is 3.40. The van der Waals surface area contributed by atoms with E-state index in [2.05, 4.69) is 5.32 Å². The fraction of sp³-hybridized carbons (Fsp3) is 0.417. The highest BCUT2D eigenvalue weighted by Crippen LogP contribution is 2.20. The van der Waals surface area contributed by atoms with E-state index in [9.17, 15) is 13.6 Å². The Bertz CT molecular complexity index is 442.